The van der Waals surface area contributed by atoms with Crippen LogP contribution in [0.15, 0.2) is 206 Å². The monoisotopic (exact) mass is 710 g/mol. The minimum absolute atomic E-state index is 0.912. The molecule has 2 nitrogen and oxygen atoms in total. The summed E-state index contributed by atoms with van der Waals surface area (Å²) >= 11 is 0. The van der Waals surface area contributed by atoms with Gasteiger partial charge in [0.2, 0.25) is 0 Å². The van der Waals surface area contributed by atoms with Gasteiger partial charge in [0.15, 0.2) is 0 Å². The fraction of sp³-hybridized carbons (Fsp3) is 0. The Kier molecular flexibility index (Phi) is 7.53. The van der Waals surface area contributed by atoms with Crippen LogP contribution < -0.4 is 0 Å². The zero-order valence-electron chi connectivity index (χ0n) is 30.5. The summed E-state index contributed by atoms with van der Waals surface area (Å²) in [7, 11) is 0. The van der Waals surface area contributed by atoms with Crippen LogP contribution >= 0.6 is 0 Å². The predicted octanol–water partition coefficient (Wildman–Crippen LogP) is 14.6. The van der Waals surface area contributed by atoms with Crippen molar-refractivity contribution >= 4 is 54.1 Å². The van der Waals surface area contributed by atoms with Crippen LogP contribution in [0.5, 0.6) is 0 Å². The quantitative estimate of drug-likeness (QED) is 0.131. The highest BCUT2D eigenvalue weighted by Gasteiger charge is 2.19. The van der Waals surface area contributed by atoms with E-state index in [9.17, 15) is 0 Å². The lowest BCUT2D eigenvalue weighted by molar-refractivity contribution is 1.37. The lowest BCUT2D eigenvalue weighted by atomic mass is 9.84. The molecule has 11 aromatic rings. The number of fused-ring (bicyclic) bond motifs is 6. The van der Waals surface area contributed by atoms with Gasteiger partial charge in [-0.3, -0.25) is 0 Å². The van der Waals surface area contributed by atoms with Gasteiger partial charge in [0.25, 0.3) is 0 Å². The van der Waals surface area contributed by atoms with Crippen LogP contribution in [0.25, 0.3) is 110 Å². The van der Waals surface area contributed by atoms with Gasteiger partial charge < -0.3 is 0 Å². The van der Waals surface area contributed by atoms with Gasteiger partial charge in [-0.2, -0.15) is 0 Å². The number of aromatic nitrogens is 2. The molecule has 2 heteroatoms. The molecular formula is C54H34N2. The Morgan fingerprint density at radius 3 is 1.21 bits per heavy atom. The summed E-state index contributed by atoms with van der Waals surface area (Å²) in [6.45, 7) is 0. The smallest absolute Gasteiger partial charge is 0.0972 e. The largest absolute Gasteiger partial charge is 0.245 e. The first-order valence-electron chi connectivity index (χ1n) is 19.2. The van der Waals surface area contributed by atoms with Gasteiger partial charge in [0, 0.05) is 21.9 Å². The molecule has 0 N–H and O–H groups in total. The molecule has 0 aliphatic heterocycles. The van der Waals surface area contributed by atoms with Crippen molar-refractivity contribution in [3.63, 3.8) is 0 Å². The average Bonchev–Trinajstić information content (AvgIpc) is 3.28. The van der Waals surface area contributed by atoms with E-state index in [4.69, 9.17) is 9.97 Å². The third-order valence-electron chi connectivity index (χ3n) is 11.3. The van der Waals surface area contributed by atoms with Crippen LogP contribution in [0.3, 0.4) is 0 Å². The highest BCUT2D eigenvalue weighted by Crippen LogP contribution is 2.46. The summed E-state index contributed by atoms with van der Waals surface area (Å²) in [5, 5.41) is 9.49. The van der Waals surface area contributed by atoms with Crippen LogP contribution in [0, 0.1) is 0 Å². The topological polar surface area (TPSA) is 25.8 Å². The van der Waals surface area contributed by atoms with Crippen molar-refractivity contribution in [1.29, 1.82) is 0 Å². The first-order chi connectivity index (χ1) is 27.8. The zero-order chi connectivity index (χ0) is 37.0. The summed E-state index contributed by atoms with van der Waals surface area (Å²) in [4.78, 5) is 10.5. The number of rotatable bonds is 5. The minimum atomic E-state index is 0.912. The molecule has 0 radical (unpaired) electrons. The van der Waals surface area contributed by atoms with Crippen molar-refractivity contribution in [2.24, 2.45) is 0 Å². The molecule has 2 heterocycles. The molecule has 11 rings (SSSR count). The average molecular weight is 711 g/mol. The van der Waals surface area contributed by atoms with Crippen LogP contribution in [-0.2, 0) is 0 Å². The number of hydrogen-bond donors (Lipinski definition) is 0. The lowest BCUT2D eigenvalue weighted by Crippen LogP contribution is -1.94. The molecule has 0 saturated heterocycles. The molecule has 0 amide bonds. The van der Waals surface area contributed by atoms with Crippen molar-refractivity contribution in [2.75, 3.05) is 0 Å². The maximum atomic E-state index is 5.37. The van der Waals surface area contributed by atoms with Crippen LogP contribution in [0.2, 0.25) is 0 Å². The number of nitrogens with zero attached hydrogens (tertiary/aromatic N) is 2. The van der Waals surface area contributed by atoms with E-state index in [-0.39, 0.29) is 0 Å². The normalized spacial score (nSPS) is 11.6. The molecule has 260 valence electrons. The summed E-state index contributed by atoms with van der Waals surface area (Å²) in [6.07, 6.45) is 0. The van der Waals surface area contributed by atoms with E-state index in [1.165, 1.54) is 65.7 Å². The Hall–Kier alpha value is -7.42. The van der Waals surface area contributed by atoms with E-state index < -0.39 is 0 Å². The maximum absolute atomic E-state index is 5.37. The molecule has 9 aromatic carbocycles. The molecular weight excluding hydrogens is 677 g/mol. The lowest BCUT2D eigenvalue weighted by Gasteiger charge is -2.20. The van der Waals surface area contributed by atoms with E-state index in [2.05, 4.69) is 200 Å². The second-order valence-electron chi connectivity index (χ2n) is 14.5. The molecule has 0 spiro atoms. The first-order valence-corrected chi connectivity index (χ1v) is 19.2. The maximum Gasteiger partial charge on any atom is 0.0972 e. The highest BCUT2D eigenvalue weighted by atomic mass is 14.8. The second kappa shape index (κ2) is 13.2. The van der Waals surface area contributed by atoms with Crippen molar-refractivity contribution in [1.82, 2.24) is 9.97 Å². The fourth-order valence-electron chi connectivity index (χ4n) is 8.62. The summed E-state index contributed by atoms with van der Waals surface area (Å²) in [5.41, 5.74) is 13.3. The van der Waals surface area contributed by atoms with Crippen molar-refractivity contribution in [2.45, 2.75) is 0 Å². The van der Waals surface area contributed by atoms with Crippen LogP contribution in [0.1, 0.15) is 0 Å². The van der Waals surface area contributed by atoms with Gasteiger partial charge in [-0.25, -0.2) is 9.97 Å². The summed E-state index contributed by atoms with van der Waals surface area (Å²) in [6, 6.07) is 74.0. The van der Waals surface area contributed by atoms with E-state index in [0.717, 1.165) is 44.3 Å². The van der Waals surface area contributed by atoms with E-state index in [1.54, 1.807) is 0 Å². The van der Waals surface area contributed by atoms with E-state index in [1.807, 2.05) is 6.07 Å². The van der Waals surface area contributed by atoms with Gasteiger partial charge in [-0.1, -0.05) is 194 Å². The standard InChI is InChI=1S/C54H34N2/c1-3-13-35(14-4-1)36-23-25-38(26-24-36)51-44-19-9-11-21-46(44)52(47-22-12-10-20-45(47)51)48-32-31-43(41-17-7-8-18-42(41)48)50-34-30-40-28-27-39-29-33-49(37-15-5-2-6-16-37)55-53(39)54(40)56-50/h1-34H. The van der Waals surface area contributed by atoms with Gasteiger partial charge in [0.1, 0.15) is 0 Å². The van der Waals surface area contributed by atoms with Crippen molar-refractivity contribution in [3.8, 4) is 55.9 Å². The number of pyridine rings is 2. The Morgan fingerprint density at radius 1 is 0.232 bits per heavy atom. The number of hydrogen-bond acceptors (Lipinski definition) is 2. The Labute approximate surface area is 325 Å². The molecule has 0 aliphatic rings. The molecule has 0 bridgehead atoms. The zero-order valence-corrected chi connectivity index (χ0v) is 30.5. The van der Waals surface area contributed by atoms with Gasteiger partial charge in [0.05, 0.1) is 22.4 Å². The van der Waals surface area contributed by atoms with Crippen LogP contribution in [-0.4, -0.2) is 9.97 Å². The van der Waals surface area contributed by atoms with E-state index in [0.29, 0.717) is 0 Å². The Morgan fingerprint density at radius 2 is 0.625 bits per heavy atom. The molecule has 0 fully saturated rings. The van der Waals surface area contributed by atoms with Crippen molar-refractivity contribution in [3.05, 3.63) is 206 Å². The number of benzene rings is 9. The summed E-state index contributed by atoms with van der Waals surface area (Å²) in [5.74, 6) is 0. The first kappa shape index (κ1) is 32.0. The van der Waals surface area contributed by atoms with Gasteiger partial charge in [-0.15, -0.1) is 0 Å². The van der Waals surface area contributed by atoms with Crippen LogP contribution in [0.4, 0.5) is 0 Å². The fourth-order valence-corrected chi connectivity index (χ4v) is 8.62. The second-order valence-corrected chi connectivity index (χ2v) is 14.5. The van der Waals surface area contributed by atoms with Gasteiger partial charge >= 0.3 is 0 Å². The summed E-state index contributed by atoms with van der Waals surface area (Å²) < 4.78 is 0. The van der Waals surface area contributed by atoms with Gasteiger partial charge in [-0.05, 0) is 77.8 Å². The van der Waals surface area contributed by atoms with Crippen molar-refractivity contribution < 1.29 is 0 Å². The molecule has 0 saturated carbocycles. The van der Waals surface area contributed by atoms with E-state index >= 15 is 0 Å². The third-order valence-corrected chi connectivity index (χ3v) is 11.3. The predicted molar refractivity (Wildman–Crippen MR) is 237 cm³/mol. The molecule has 0 atom stereocenters. The highest BCUT2D eigenvalue weighted by molar-refractivity contribution is 6.24. The molecule has 56 heavy (non-hydrogen) atoms. The SMILES string of the molecule is c1ccc(-c2ccc(-c3c4ccccc4c(-c4ccc(-c5ccc6ccc7ccc(-c8ccccc8)nc7c6n5)c5ccccc45)c4ccccc34)cc2)cc1. The Bertz CT molecular complexity index is 3220. The third kappa shape index (κ3) is 5.26. The molecule has 0 aliphatic carbocycles. The molecule has 0 unspecified atom stereocenters. The minimum Gasteiger partial charge on any atom is -0.245 e. The molecule has 2 aromatic heterocycles. The Balaban J connectivity index is 1.10.